The number of likely N-dealkylation sites (tertiary alicyclic amines) is 1. The number of pyridine rings is 1. The van der Waals surface area contributed by atoms with Gasteiger partial charge in [-0.15, -0.1) is 11.3 Å². The number of nitrogens with one attached hydrogen (secondary N) is 1. The second-order valence-electron chi connectivity index (χ2n) is 8.90. The summed E-state index contributed by atoms with van der Waals surface area (Å²) >= 11 is 1.70. The van der Waals surface area contributed by atoms with Crippen molar-refractivity contribution in [1.29, 1.82) is 0 Å². The number of benzene rings is 1. The molecule has 1 saturated heterocycles. The lowest BCUT2D eigenvalue weighted by molar-refractivity contribution is -0.132. The summed E-state index contributed by atoms with van der Waals surface area (Å²) in [5.74, 6) is 1.57. The van der Waals surface area contributed by atoms with Gasteiger partial charge in [-0.1, -0.05) is 12.1 Å². The van der Waals surface area contributed by atoms with E-state index in [1.807, 2.05) is 53.6 Å². The van der Waals surface area contributed by atoms with E-state index < -0.39 is 0 Å². The number of thiophene rings is 1. The van der Waals surface area contributed by atoms with Crippen LogP contribution in [-0.4, -0.2) is 55.0 Å². The Hall–Kier alpha value is -3.39. The van der Waals surface area contributed by atoms with Crippen molar-refractivity contribution in [3.8, 4) is 11.5 Å². The van der Waals surface area contributed by atoms with Gasteiger partial charge in [-0.2, -0.15) is 0 Å². The van der Waals surface area contributed by atoms with Crippen LogP contribution in [-0.2, 0) is 11.2 Å². The van der Waals surface area contributed by atoms with Gasteiger partial charge >= 0.3 is 0 Å². The van der Waals surface area contributed by atoms with Gasteiger partial charge in [0.25, 0.3) is 5.91 Å². The Morgan fingerprint density at radius 3 is 2.67 bits per heavy atom. The van der Waals surface area contributed by atoms with Crippen LogP contribution < -0.4 is 14.8 Å². The molecule has 36 heavy (non-hydrogen) atoms. The zero-order valence-corrected chi connectivity index (χ0v) is 21.7. The van der Waals surface area contributed by atoms with Crippen molar-refractivity contribution in [3.05, 3.63) is 75.7 Å². The Bertz CT molecular complexity index is 1160. The molecule has 190 valence electrons. The highest BCUT2D eigenvalue weighted by Crippen LogP contribution is 2.30. The molecule has 3 heterocycles. The molecular formula is C28H33N3O4S. The standard InChI is InChI=1S/C28H33N3O4S/c1-20-8-9-25(28(33)29-14-10-24-7-4-18-36-24)27(30-20)21-11-15-31(16-12-21)26(32)13-17-35-23-6-3-5-22(19-23)34-2/h3-9,18-19,21H,10-17H2,1-2H3,(H,29,33). The molecule has 0 bridgehead atoms. The molecule has 2 amide bonds. The molecule has 1 fully saturated rings. The summed E-state index contributed by atoms with van der Waals surface area (Å²) < 4.78 is 10.9. The number of nitrogens with zero attached hydrogens (tertiary/aromatic N) is 2. The predicted molar refractivity (Wildman–Crippen MR) is 141 cm³/mol. The first-order valence-corrected chi connectivity index (χ1v) is 13.2. The number of carbonyl (C=O) groups is 2. The summed E-state index contributed by atoms with van der Waals surface area (Å²) in [5, 5.41) is 5.09. The first-order chi connectivity index (χ1) is 17.5. The predicted octanol–water partition coefficient (Wildman–Crippen LogP) is 4.61. The fourth-order valence-electron chi connectivity index (χ4n) is 4.44. The van der Waals surface area contributed by atoms with Crippen LogP contribution in [0.4, 0.5) is 0 Å². The second kappa shape index (κ2) is 12.5. The topological polar surface area (TPSA) is 80.8 Å². The molecule has 1 N–H and O–H groups in total. The van der Waals surface area contributed by atoms with Crippen molar-refractivity contribution >= 4 is 23.2 Å². The zero-order chi connectivity index (χ0) is 25.3. The summed E-state index contributed by atoms with van der Waals surface area (Å²) in [6.45, 7) is 4.16. The van der Waals surface area contributed by atoms with E-state index in [0.29, 0.717) is 44.0 Å². The second-order valence-corrected chi connectivity index (χ2v) is 9.94. The molecule has 1 aliphatic rings. The van der Waals surface area contributed by atoms with Crippen molar-refractivity contribution < 1.29 is 19.1 Å². The third-order valence-electron chi connectivity index (χ3n) is 6.41. The van der Waals surface area contributed by atoms with Crippen LogP contribution in [0, 0.1) is 6.92 Å². The van der Waals surface area contributed by atoms with Gasteiger partial charge in [0.15, 0.2) is 0 Å². The number of carbonyl (C=O) groups excluding carboxylic acids is 2. The summed E-state index contributed by atoms with van der Waals surface area (Å²) in [6.07, 6.45) is 2.71. The summed E-state index contributed by atoms with van der Waals surface area (Å²) in [4.78, 5) is 33.6. The number of amides is 2. The fraction of sp³-hybridized carbons (Fsp3) is 0.393. The SMILES string of the molecule is COc1cccc(OCCC(=O)N2CCC(c3nc(C)ccc3C(=O)NCCc3cccs3)CC2)c1. The van der Waals surface area contributed by atoms with E-state index in [1.165, 1.54) is 4.88 Å². The monoisotopic (exact) mass is 507 g/mol. The van der Waals surface area contributed by atoms with E-state index in [4.69, 9.17) is 14.5 Å². The van der Waals surface area contributed by atoms with Crippen molar-refractivity contribution in [2.75, 3.05) is 33.4 Å². The lowest BCUT2D eigenvalue weighted by Gasteiger charge is -2.32. The quantitative estimate of drug-likeness (QED) is 0.434. The number of methoxy groups -OCH3 is 1. The molecule has 2 aromatic heterocycles. The van der Waals surface area contributed by atoms with Gasteiger partial charge < -0.3 is 19.7 Å². The maximum atomic E-state index is 13.0. The Morgan fingerprint density at radius 2 is 1.92 bits per heavy atom. The first kappa shape index (κ1) is 25.7. The molecule has 3 aromatic rings. The highest BCUT2D eigenvalue weighted by atomic mass is 32.1. The molecule has 1 aliphatic heterocycles. The van der Waals surface area contributed by atoms with Crippen LogP contribution in [0.2, 0.25) is 0 Å². The molecule has 4 rings (SSSR count). The molecule has 1 aromatic carbocycles. The van der Waals surface area contributed by atoms with E-state index in [-0.39, 0.29) is 17.7 Å². The Morgan fingerprint density at radius 1 is 1.11 bits per heavy atom. The van der Waals surface area contributed by atoms with Crippen LogP contribution in [0.15, 0.2) is 53.9 Å². The largest absolute Gasteiger partial charge is 0.497 e. The summed E-state index contributed by atoms with van der Waals surface area (Å²) in [7, 11) is 1.61. The highest BCUT2D eigenvalue weighted by molar-refractivity contribution is 7.09. The number of ether oxygens (including phenoxy) is 2. The van der Waals surface area contributed by atoms with Crippen molar-refractivity contribution in [1.82, 2.24) is 15.2 Å². The van der Waals surface area contributed by atoms with Gasteiger partial charge in [0.1, 0.15) is 11.5 Å². The molecule has 0 unspecified atom stereocenters. The van der Waals surface area contributed by atoms with Gasteiger partial charge in [0.2, 0.25) is 5.91 Å². The van der Waals surface area contributed by atoms with Gasteiger partial charge in [-0.05, 0) is 61.9 Å². The average Bonchev–Trinajstić information content (AvgIpc) is 3.42. The number of hydrogen-bond acceptors (Lipinski definition) is 6. The fourth-order valence-corrected chi connectivity index (χ4v) is 5.15. The number of piperidine rings is 1. The van der Waals surface area contributed by atoms with Crippen LogP contribution in [0.5, 0.6) is 11.5 Å². The maximum absolute atomic E-state index is 13.0. The molecule has 0 atom stereocenters. The molecule has 7 nitrogen and oxygen atoms in total. The third-order valence-corrected chi connectivity index (χ3v) is 7.34. The van der Waals surface area contributed by atoms with Gasteiger partial charge in [-0.3, -0.25) is 14.6 Å². The van der Waals surface area contributed by atoms with Crippen LogP contribution >= 0.6 is 11.3 Å². The smallest absolute Gasteiger partial charge is 0.253 e. The van der Waals surface area contributed by atoms with Crippen molar-refractivity contribution in [3.63, 3.8) is 0 Å². The minimum Gasteiger partial charge on any atom is -0.497 e. The highest BCUT2D eigenvalue weighted by Gasteiger charge is 2.27. The van der Waals surface area contributed by atoms with E-state index >= 15 is 0 Å². The van der Waals surface area contributed by atoms with E-state index in [2.05, 4.69) is 11.4 Å². The van der Waals surface area contributed by atoms with Crippen LogP contribution in [0.25, 0.3) is 0 Å². The van der Waals surface area contributed by atoms with Crippen molar-refractivity contribution in [2.24, 2.45) is 0 Å². The van der Waals surface area contributed by atoms with Crippen LogP contribution in [0.1, 0.15) is 51.8 Å². The Balaban J connectivity index is 1.28. The molecule has 0 aliphatic carbocycles. The average molecular weight is 508 g/mol. The first-order valence-electron chi connectivity index (χ1n) is 12.4. The van der Waals surface area contributed by atoms with Gasteiger partial charge in [0, 0.05) is 42.2 Å². The zero-order valence-electron chi connectivity index (χ0n) is 20.9. The van der Waals surface area contributed by atoms with Gasteiger partial charge in [0.05, 0.1) is 31.4 Å². The number of hydrogen-bond donors (Lipinski definition) is 1. The minimum absolute atomic E-state index is 0.0812. The number of aryl methyl sites for hydroxylation is 1. The van der Waals surface area contributed by atoms with Crippen LogP contribution in [0.3, 0.4) is 0 Å². The number of aromatic nitrogens is 1. The van der Waals surface area contributed by atoms with E-state index in [1.54, 1.807) is 24.5 Å². The lowest BCUT2D eigenvalue weighted by atomic mass is 9.89. The van der Waals surface area contributed by atoms with E-state index in [0.717, 1.165) is 36.4 Å². The van der Waals surface area contributed by atoms with E-state index in [9.17, 15) is 9.59 Å². The molecular weight excluding hydrogens is 474 g/mol. The normalized spacial score (nSPS) is 13.9. The molecule has 0 spiro atoms. The molecule has 8 heteroatoms. The van der Waals surface area contributed by atoms with Gasteiger partial charge in [-0.25, -0.2) is 0 Å². The summed E-state index contributed by atoms with van der Waals surface area (Å²) in [6, 6.07) is 15.2. The summed E-state index contributed by atoms with van der Waals surface area (Å²) in [5.41, 5.74) is 2.38. The maximum Gasteiger partial charge on any atom is 0.253 e. The van der Waals surface area contributed by atoms with Crippen molar-refractivity contribution in [2.45, 2.75) is 38.5 Å². The minimum atomic E-state index is -0.0812. The molecule has 0 saturated carbocycles. The lowest BCUT2D eigenvalue weighted by Crippen LogP contribution is -2.39. The third kappa shape index (κ3) is 6.85. The molecule has 0 radical (unpaired) electrons. The Kier molecular flexibility index (Phi) is 8.95. The number of rotatable bonds is 10. The Labute approximate surface area is 216 Å².